The Balaban J connectivity index is 1.56. The van der Waals surface area contributed by atoms with Crippen molar-refractivity contribution in [3.8, 4) is 28.9 Å². The van der Waals surface area contributed by atoms with Gasteiger partial charge in [0.1, 0.15) is 5.54 Å². The van der Waals surface area contributed by atoms with E-state index >= 15 is 0 Å². The Bertz CT molecular complexity index is 1430. The number of halogens is 7. The topological polar surface area (TPSA) is 97.8 Å². The van der Waals surface area contributed by atoms with Gasteiger partial charge in [0.05, 0.1) is 29.5 Å². The Morgan fingerprint density at radius 1 is 1.25 bits per heavy atom. The van der Waals surface area contributed by atoms with Crippen LogP contribution in [0.2, 0.25) is 5.02 Å². The molecule has 1 aliphatic rings. The van der Waals surface area contributed by atoms with Gasteiger partial charge in [-0.2, -0.15) is 23.5 Å². The number of rotatable bonds is 11. The molecule has 0 saturated heterocycles. The van der Waals surface area contributed by atoms with Gasteiger partial charge in [0, 0.05) is 18.8 Å². The van der Waals surface area contributed by atoms with Gasteiger partial charge in [0.15, 0.2) is 17.6 Å². The molecule has 1 aromatic carbocycles. The van der Waals surface area contributed by atoms with Crippen LogP contribution < -0.4 is 10.1 Å². The number of ether oxygens (including phenoxy) is 1. The molecule has 0 radical (unpaired) electrons. The summed E-state index contributed by atoms with van der Waals surface area (Å²) >= 11 is 6.19. The van der Waals surface area contributed by atoms with Gasteiger partial charge in [-0.3, -0.25) is 4.79 Å². The van der Waals surface area contributed by atoms with E-state index in [1.165, 1.54) is 31.6 Å². The summed E-state index contributed by atoms with van der Waals surface area (Å²) in [5.74, 6) is -1.74. The van der Waals surface area contributed by atoms with Gasteiger partial charge in [-0.15, -0.1) is 5.10 Å². The number of unbranched alkanes of at least 4 members (excludes halogenated alkanes) is 1. The number of hydrogen-bond donors (Lipinski definition) is 1. The first kappa shape index (κ1) is 29.3. The van der Waals surface area contributed by atoms with Crippen molar-refractivity contribution in [1.82, 2.24) is 24.9 Å². The highest BCUT2D eigenvalue weighted by atomic mass is 35.5. The average Bonchev–Trinajstić information content (AvgIpc) is 3.33. The minimum Gasteiger partial charge on any atom is -0.476 e. The van der Waals surface area contributed by atoms with Crippen LogP contribution in [0.15, 0.2) is 30.6 Å². The van der Waals surface area contributed by atoms with Gasteiger partial charge in [-0.1, -0.05) is 17.7 Å². The number of amides is 1. The first-order valence-electron chi connectivity index (χ1n) is 12.1. The van der Waals surface area contributed by atoms with E-state index in [-0.39, 0.29) is 30.0 Å². The van der Waals surface area contributed by atoms with Crippen LogP contribution in [0.4, 0.5) is 26.3 Å². The molecule has 0 bridgehead atoms. The number of nitriles is 1. The number of nitrogens with one attached hydrogen (secondary N) is 1. The number of carbonyl (C=O) groups excluding carboxylic acids is 1. The summed E-state index contributed by atoms with van der Waals surface area (Å²) in [5, 5.41) is 19.9. The second kappa shape index (κ2) is 11.4. The maximum absolute atomic E-state index is 14.1. The highest BCUT2D eigenvalue weighted by Crippen LogP contribution is 2.40. The number of nitrogens with zero attached hydrogens (tertiary/aromatic N) is 5. The lowest BCUT2D eigenvalue weighted by Crippen LogP contribution is -2.35. The summed E-state index contributed by atoms with van der Waals surface area (Å²) in [6.45, 7) is -0.289. The number of hydrogen-bond acceptors (Lipinski definition) is 5. The Morgan fingerprint density at radius 2 is 1.98 bits per heavy atom. The fraction of sp³-hybridized carbons (Fsp3) is 0.440. The smallest absolute Gasteiger partial charge is 0.425 e. The van der Waals surface area contributed by atoms with Gasteiger partial charge in [-0.25, -0.2) is 22.5 Å². The third-order valence-electron chi connectivity index (χ3n) is 6.32. The molecule has 214 valence electrons. The third-order valence-corrected chi connectivity index (χ3v) is 6.65. The van der Waals surface area contributed by atoms with E-state index in [4.69, 9.17) is 16.3 Å². The summed E-state index contributed by atoms with van der Waals surface area (Å²) in [6, 6.07) is 6.52. The molecule has 0 spiro atoms. The zero-order valence-electron chi connectivity index (χ0n) is 21.0. The highest BCUT2D eigenvalue weighted by Gasteiger charge is 2.45. The molecule has 2 heterocycles. The lowest BCUT2D eigenvalue weighted by atomic mass is 10.1. The fourth-order valence-electron chi connectivity index (χ4n) is 3.98. The molecule has 0 aliphatic heterocycles. The lowest BCUT2D eigenvalue weighted by molar-refractivity contribution is -0.139. The zero-order valence-corrected chi connectivity index (χ0v) is 21.7. The Hall–Kier alpha value is -3.73. The third kappa shape index (κ3) is 6.35. The Kier molecular flexibility index (Phi) is 8.34. The predicted molar refractivity (Wildman–Crippen MR) is 131 cm³/mol. The van der Waals surface area contributed by atoms with E-state index in [9.17, 15) is 36.4 Å². The van der Waals surface area contributed by atoms with E-state index in [1.807, 2.05) is 0 Å². The molecule has 40 heavy (non-hydrogen) atoms. The van der Waals surface area contributed by atoms with Crippen LogP contribution in [0.25, 0.3) is 16.9 Å². The monoisotopic (exact) mass is 588 g/mol. The molecule has 1 aliphatic carbocycles. The van der Waals surface area contributed by atoms with Gasteiger partial charge in [-0.05, 0) is 49.8 Å². The molecule has 1 fully saturated rings. The molecular weight excluding hydrogens is 566 g/mol. The van der Waals surface area contributed by atoms with E-state index in [1.54, 1.807) is 6.07 Å². The molecule has 3 aromatic rings. The molecule has 8 nitrogen and oxygen atoms in total. The largest absolute Gasteiger partial charge is 0.476 e. The molecule has 1 amide bonds. The first-order valence-corrected chi connectivity index (χ1v) is 12.5. The number of carbonyl (C=O) groups is 1. The summed E-state index contributed by atoms with van der Waals surface area (Å²) in [6.07, 6.45) is -7.07. The maximum atomic E-state index is 14.1. The molecule has 1 unspecified atom stereocenters. The van der Waals surface area contributed by atoms with Crippen molar-refractivity contribution in [1.29, 1.82) is 5.26 Å². The van der Waals surface area contributed by atoms with Crippen LogP contribution in [0.5, 0.6) is 5.88 Å². The van der Waals surface area contributed by atoms with Crippen molar-refractivity contribution in [3.05, 3.63) is 46.7 Å². The molecule has 15 heteroatoms. The second-order valence-electron chi connectivity index (χ2n) is 9.34. The van der Waals surface area contributed by atoms with Crippen molar-refractivity contribution in [2.75, 3.05) is 6.61 Å². The first-order chi connectivity index (χ1) is 18.8. The van der Waals surface area contributed by atoms with Gasteiger partial charge in [0.25, 0.3) is 12.3 Å². The van der Waals surface area contributed by atoms with E-state index < -0.39 is 53.9 Å². The standard InChI is InChI=1S/C25H23ClF6N6O2/c1-37-23(19(25(30,31)32)22(36-37)40-9-3-2-4-18(27)20(28)29)38-12-15(11-34-38)14-5-6-17(26)16(10-14)21(39)35-24(13-33)7-8-24/h5-6,10-12,18,20H,2-4,7-9H2,1H3,(H,35,39). The highest BCUT2D eigenvalue weighted by molar-refractivity contribution is 6.34. The normalized spacial score (nSPS) is 15.1. The Morgan fingerprint density at radius 3 is 2.60 bits per heavy atom. The number of aryl methyl sites for hydroxylation is 1. The average molecular weight is 589 g/mol. The number of alkyl halides is 6. The van der Waals surface area contributed by atoms with Crippen LogP contribution in [-0.4, -0.2) is 50.2 Å². The van der Waals surface area contributed by atoms with Crippen LogP contribution in [0, 0.1) is 11.3 Å². The van der Waals surface area contributed by atoms with Crippen molar-refractivity contribution in [3.63, 3.8) is 0 Å². The van der Waals surface area contributed by atoms with Crippen LogP contribution in [0.3, 0.4) is 0 Å². The zero-order chi connectivity index (χ0) is 29.2. The fourth-order valence-corrected chi connectivity index (χ4v) is 4.18. The van der Waals surface area contributed by atoms with Crippen LogP contribution >= 0.6 is 11.6 Å². The van der Waals surface area contributed by atoms with Crippen LogP contribution in [0.1, 0.15) is 48.0 Å². The van der Waals surface area contributed by atoms with E-state index in [0.29, 0.717) is 24.0 Å². The van der Waals surface area contributed by atoms with Crippen molar-refractivity contribution in [2.45, 2.75) is 56.4 Å². The molecule has 4 rings (SSSR count). The number of benzene rings is 1. The Labute approximate surface area is 229 Å². The van der Waals surface area contributed by atoms with Crippen molar-refractivity contribution >= 4 is 17.5 Å². The van der Waals surface area contributed by atoms with E-state index in [2.05, 4.69) is 21.6 Å². The minimum atomic E-state index is -4.89. The summed E-state index contributed by atoms with van der Waals surface area (Å²) in [7, 11) is 1.27. The summed E-state index contributed by atoms with van der Waals surface area (Å²) < 4.78 is 86.9. The molecule has 1 atom stereocenters. The summed E-state index contributed by atoms with van der Waals surface area (Å²) in [5.41, 5.74) is -1.24. The molecular formula is C25H23ClF6N6O2. The van der Waals surface area contributed by atoms with Crippen molar-refractivity contribution < 1.29 is 35.9 Å². The molecule has 1 saturated carbocycles. The lowest BCUT2D eigenvalue weighted by Gasteiger charge is -2.12. The van der Waals surface area contributed by atoms with Gasteiger partial charge < -0.3 is 10.1 Å². The minimum absolute atomic E-state index is 0.00629. The van der Waals surface area contributed by atoms with E-state index in [0.717, 1.165) is 9.36 Å². The molecule has 2 aromatic heterocycles. The SMILES string of the molecule is Cn1nc(OCCCCC(F)C(F)F)c(C(F)(F)F)c1-n1cc(-c2ccc(Cl)c(C(=O)NC3(C#N)CC3)c2)cn1. The van der Waals surface area contributed by atoms with Gasteiger partial charge in [0.2, 0.25) is 5.88 Å². The van der Waals surface area contributed by atoms with Gasteiger partial charge >= 0.3 is 6.18 Å². The number of aromatic nitrogens is 4. The quantitative estimate of drug-likeness (QED) is 0.223. The molecule has 1 N–H and O–H groups in total. The summed E-state index contributed by atoms with van der Waals surface area (Å²) in [4.78, 5) is 12.7. The predicted octanol–water partition coefficient (Wildman–Crippen LogP) is 5.88. The second-order valence-corrected chi connectivity index (χ2v) is 9.74. The maximum Gasteiger partial charge on any atom is 0.425 e. The van der Waals surface area contributed by atoms with Crippen LogP contribution in [-0.2, 0) is 13.2 Å². The van der Waals surface area contributed by atoms with Crippen molar-refractivity contribution in [2.24, 2.45) is 7.05 Å².